The van der Waals surface area contributed by atoms with Crippen LogP contribution in [0.3, 0.4) is 0 Å². The Morgan fingerprint density at radius 2 is 1.96 bits per heavy atom. The molecule has 2 heterocycles. The Morgan fingerprint density at radius 3 is 2.54 bits per heavy atom. The van der Waals surface area contributed by atoms with Crippen molar-refractivity contribution in [1.29, 1.82) is 0 Å². The van der Waals surface area contributed by atoms with E-state index in [4.69, 9.17) is 32.7 Å². The maximum Gasteiger partial charge on any atom is 0.267 e. The van der Waals surface area contributed by atoms with Crippen molar-refractivity contribution in [3.8, 4) is 5.75 Å². The van der Waals surface area contributed by atoms with Crippen LogP contribution in [0.25, 0.3) is 0 Å². The Kier molecular flexibility index (Phi) is 6.12. The SMILES string of the molecule is CCOc1ccc(C2(CNC(=O)c3cc(Cl)c(Cl)[nH]3)CCOCC2)cc1. The highest BCUT2D eigenvalue weighted by Gasteiger charge is 2.35. The zero-order chi connectivity index (χ0) is 18.6. The molecule has 0 radical (unpaired) electrons. The third-order valence-corrected chi connectivity index (χ3v) is 5.48. The minimum atomic E-state index is -0.226. The number of aromatic amines is 1. The van der Waals surface area contributed by atoms with Gasteiger partial charge >= 0.3 is 0 Å². The topological polar surface area (TPSA) is 63.3 Å². The van der Waals surface area contributed by atoms with Gasteiger partial charge in [-0.3, -0.25) is 4.79 Å². The monoisotopic (exact) mass is 396 g/mol. The summed E-state index contributed by atoms with van der Waals surface area (Å²) >= 11 is 11.8. The lowest BCUT2D eigenvalue weighted by Crippen LogP contribution is -2.44. The Hall–Kier alpha value is -1.69. The average Bonchev–Trinajstić information content (AvgIpc) is 3.00. The van der Waals surface area contributed by atoms with E-state index < -0.39 is 0 Å². The predicted molar refractivity (Wildman–Crippen MR) is 102 cm³/mol. The van der Waals surface area contributed by atoms with E-state index in [0.29, 0.717) is 37.1 Å². The van der Waals surface area contributed by atoms with E-state index in [-0.39, 0.29) is 16.5 Å². The molecule has 0 aliphatic carbocycles. The molecule has 1 aromatic heterocycles. The quantitative estimate of drug-likeness (QED) is 0.768. The molecule has 1 aliphatic rings. The molecule has 2 N–H and O–H groups in total. The first-order chi connectivity index (χ1) is 12.5. The number of H-pyrrole nitrogens is 1. The summed E-state index contributed by atoms with van der Waals surface area (Å²) in [6.07, 6.45) is 1.68. The van der Waals surface area contributed by atoms with Gasteiger partial charge in [0, 0.05) is 25.2 Å². The molecule has 1 saturated heterocycles. The highest BCUT2D eigenvalue weighted by molar-refractivity contribution is 6.41. The van der Waals surface area contributed by atoms with E-state index in [1.165, 1.54) is 11.6 Å². The van der Waals surface area contributed by atoms with Crippen molar-refractivity contribution in [2.75, 3.05) is 26.4 Å². The third kappa shape index (κ3) is 4.17. The van der Waals surface area contributed by atoms with Gasteiger partial charge in [-0.25, -0.2) is 0 Å². The van der Waals surface area contributed by atoms with Crippen LogP contribution in [0.5, 0.6) is 5.75 Å². The van der Waals surface area contributed by atoms with Crippen LogP contribution >= 0.6 is 23.2 Å². The van der Waals surface area contributed by atoms with Gasteiger partial charge in [0.1, 0.15) is 16.6 Å². The second-order valence-corrected chi connectivity index (χ2v) is 7.16. The van der Waals surface area contributed by atoms with Crippen molar-refractivity contribution in [1.82, 2.24) is 10.3 Å². The summed E-state index contributed by atoms with van der Waals surface area (Å²) in [6, 6.07) is 9.63. The van der Waals surface area contributed by atoms with E-state index >= 15 is 0 Å². The molecule has 2 aromatic rings. The lowest BCUT2D eigenvalue weighted by Gasteiger charge is -2.38. The fourth-order valence-electron chi connectivity index (χ4n) is 3.27. The van der Waals surface area contributed by atoms with Crippen LogP contribution in [0, 0.1) is 0 Å². The van der Waals surface area contributed by atoms with Gasteiger partial charge in [0.05, 0.1) is 11.6 Å². The molecular weight excluding hydrogens is 375 g/mol. The molecule has 26 heavy (non-hydrogen) atoms. The van der Waals surface area contributed by atoms with Crippen LogP contribution in [-0.2, 0) is 10.2 Å². The fraction of sp³-hybridized carbons (Fsp3) is 0.421. The molecule has 0 unspecified atom stereocenters. The van der Waals surface area contributed by atoms with Gasteiger partial charge in [-0.1, -0.05) is 35.3 Å². The largest absolute Gasteiger partial charge is 0.494 e. The highest BCUT2D eigenvalue weighted by atomic mass is 35.5. The Labute approximate surface area is 163 Å². The number of aromatic nitrogens is 1. The van der Waals surface area contributed by atoms with Crippen LogP contribution in [0.4, 0.5) is 0 Å². The number of benzene rings is 1. The number of amides is 1. The van der Waals surface area contributed by atoms with Gasteiger partial charge in [0.15, 0.2) is 0 Å². The number of hydrogen-bond donors (Lipinski definition) is 2. The van der Waals surface area contributed by atoms with Crippen molar-refractivity contribution in [2.24, 2.45) is 0 Å². The summed E-state index contributed by atoms with van der Waals surface area (Å²) in [5.41, 5.74) is 1.36. The summed E-state index contributed by atoms with van der Waals surface area (Å²) in [7, 11) is 0. The number of rotatable bonds is 6. The molecule has 1 fully saturated rings. The van der Waals surface area contributed by atoms with Gasteiger partial charge in [0.25, 0.3) is 5.91 Å². The number of ether oxygens (including phenoxy) is 2. The van der Waals surface area contributed by atoms with Gasteiger partial charge in [0.2, 0.25) is 0 Å². The minimum absolute atomic E-state index is 0.168. The third-order valence-electron chi connectivity index (χ3n) is 4.78. The van der Waals surface area contributed by atoms with E-state index in [0.717, 1.165) is 18.6 Å². The van der Waals surface area contributed by atoms with Crippen molar-refractivity contribution in [3.63, 3.8) is 0 Å². The van der Waals surface area contributed by atoms with E-state index in [1.54, 1.807) is 0 Å². The summed E-state index contributed by atoms with van der Waals surface area (Å²) in [6.45, 7) is 4.45. The number of halogens is 2. The zero-order valence-corrected chi connectivity index (χ0v) is 16.1. The van der Waals surface area contributed by atoms with Crippen LogP contribution < -0.4 is 10.1 Å². The molecule has 1 aliphatic heterocycles. The molecular formula is C19H22Cl2N2O3. The molecule has 1 aromatic carbocycles. The minimum Gasteiger partial charge on any atom is -0.494 e. The Morgan fingerprint density at radius 1 is 1.27 bits per heavy atom. The molecule has 140 valence electrons. The standard InChI is InChI=1S/C19H22Cl2N2O3/c1-2-26-14-5-3-13(4-6-14)19(7-9-25-10-8-19)12-22-18(24)16-11-15(20)17(21)23-16/h3-6,11,23H,2,7-10,12H2,1H3,(H,22,24). The summed E-state index contributed by atoms with van der Waals surface area (Å²) in [5, 5.41) is 3.62. The van der Waals surface area contributed by atoms with Crippen molar-refractivity contribution < 1.29 is 14.3 Å². The highest BCUT2D eigenvalue weighted by Crippen LogP contribution is 2.35. The van der Waals surface area contributed by atoms with Crippen LogP contribution in [0.1, 0.15) is 35.8 Å². The average molecular weight is 397 g/mol. The van der Waals surface area contributed by atoms with E-state index in [9.17, 15) is 4.79 Å². The molecule has 7 heteroatoms. The number of hydrogen-bond acceptors (Lipinski definition) is 3. The van der Waals surface area contributed by atoms with Crippen LogP contribution in [0.2, 0.25) is 10.2 Å². The first-order valence-electron chi connectivity index (χ1n) is 8.67. The lowest BCUT2D eigenvalue weighted by molar-refractivity contribution is 0.0486. The van der Waals surface area contributed by atoms with Crippen molar-refractivity contribution >= 4 is 29.1 Å². The molecule has 0 spiro atoms. The normalized spacial score (nSPS) is 16.3. The number of carbonyl (C=O) groups is 1. The maximum absolute atomic E-state index is 12.5. The first kappa shape index (κ1) is 19.1. The van der Waals surface area contributed by atoms with Crippen LogP contribution in [0.15, 0.2) is 30.3 Å². The summed E-state index contributed by atoms with van der Waals surface area (Å²) in [5.74, 6) is 0.619. The Balaban J connectivity index is 1.75. The van der Waals surface area contributed by atoms with Crippen molar-refractivity contribution in [3.05, 3.63) is 51.8 Å². The van der Waals surface area contributed by atoms with Crippen molar-refractivity contribution in [2.45, 2.75) is 25.2 Å². The summed E-state index contributed by atoms with van der Waals surface area (Å²) < 4.78 is 11.1. The number of nitrogens with one attached hydrogen (secondary N) is 2. The molecule has 5 nitrogen and oxygen atoms in total. The summed E-state index contributed by atoms with van der Waals surface area (Å²) in [4.78, 5) is 15.2. The zero-order valence-electron chi connectivity index (χ0n) is 14.6. The molecule has 0 saturated carbocycles. The molecule has 0 atom stereocenters. The van der Waals surface area contributed by atoms with Gasteiger partial charge in [-0.15, -0.1) is 0 Å². The second-order valence-electron chi connectivity index (χ2n) is 6.38. The fourth-order valence-corrected chi connectivity index (χ4v) is 3.58. The van der Waals surface area contributed by atoms with E-state index in [1.807, 2.05) is 19.1 Å². The number of carbonyl (C=O) groups excluding carboxylic acids is 1. The van der Waals surface area contributed by atoms with Crippen LogP contribution in [-0.4, -0.2) is 37.3 Å². The molecule has 1 amide bonds. The second kappa shape index (κ2) is 8.33. The predicted octanol–water partition coefficient (Wildman–Crippen LogP) is 4.20. The van der Waals surface area contributed by atoms with Gasteiger partial charge in [-0.05, 0) is 43.5 Å². The smallest absolute Gasteiger partial charge is 0.267 e. The van der Waals surface area contributed by atoms with Gasteiger partial charge < -0.3 is 19.8 Å². The molecule has 3 rings (SSSR count). The Bertz CT molecular complexity index is 733. The lowest BCUT2D eigenvalue weighted by atomic mass is 9.74. The molecule has 0 bridgehead atoms. The van der Waals surface area contributed by atoms with Gasteiger partial charge in [-0.2, -0.15) is 0 Å². The van der Waals surface area contributed by atoms with E-state index in [2.05, 4.69) is 22.4 Å². The maximum atomic E-state index is 12.5. The first-order valence-corrected chi connectivity index (χ1v) is 9.43.